The fourth-order valence-corrected chi connectivity index (χ4v) is 3.35. The first kappa shape index (κ1) is 20.2. The van der Waals surface area contributed by atoms with Gasteiger partial charge in [0.25, 0.3) is 11.5 Å². The second-order valence-electron chi connectivity index (χ2n) is 6.35. The van der Waals surface area contributed by atoms with E-state index < -0.39 is 35.1 Å². The number of hydrogen-bond donors (Lipinski definition) is 2. The Balaban J connectivity index is 1.73. The average molecular weight is 456 g/mol. The summed E-state index contributed by atoms with van der Waals surface area (Å²) < 4.78 is 43.9. The Hall–Kier alpha value is -3.04. The molecule has 0 fully saturated rings. The lowest BCUT2D eigenvalue weighted by atomic mass is 9.94. The minimum Gasteiger partial charge on any atom is -0.456 e. The normalized spacial score (nSPS) is 13.2. The number of alkyl halides is 3. The van der Waals surface area contributed by atoms with Gasteiger partial charge >= 0.3 is 6.18 Å². The maximum absolute atomic E-state index is 12.7. The van der Waals surface area contributed by atoms with Crippen molar-refractivity contribution in [3.8, 4) is 11.5 Å². The average Bonchev–Trinajstić information content (AvgIpc) is 2.66. The molecule has 4 rings (SSSR count). The number of benzene rings is 2. The zero-order valence-electron chi connectivity index (χ0n) is 14.7. The third kappa shape index (κ3) is 3.73. The molecule has 2 aromatic carbocycles. The number of ether oxygens (including phenoxy) is 1. The minimum atomic E-state index is -4.84. The van der Waals surface area contributed by atoms with Crippen LogP contribution in [0.2, 0.25) is 10.0 Å². The molecule has 2 heterocycles. The Morgan fingerprint density at radius 2 is 1.63 bits per heavy atom. The van der Waals surface area contributed by atoms with Crippen molar-refractivity contribution in [3.63, 3.8) is 0 Å². The van der Waals surface area contributed by atoms with Crippen molar-refractivity contribution in [2.75, 3.05) is 0 Å². The number of carbonyl (C=O) groups excluding carboxylic acids is 1. The number of nitrogens with one attached hydrogen (secondary N) is 2. The first-order chi connectivity index (χ1) is 14.1. The molecule has 0 bridgehead atoms. The van der Waals surface area contributed by atoms with Gasteiger partial charge in [-0.3, -0.25) is 9.59 Å². The van der Waals surface area contributed by atoms with Gasteiger partial charge in [-0.2, -0.15) is 13.2 Å². The number of H-pyrrole nitrogens is 1. The van der Waals surface area contributed by atoms with Gasteiger partial charge in [0.2, 0.25) is 5.82 Å². The number of halogens is 5. The molecule has 2 N–H and O–H groups in total. The predicted molar refractivity (Wildman–Crippen MR) is 102 cm³/mol. The second-order valence-corrected chi connectivity index (χ2v) is 7.22. The predicted octanol–water partition coefficient (Wildman–Crippen LogP) is 4.72. The lowest BCUT2D eigenvalue weighted by Gasteiger charge is -2.29. The molecule has 1 aliphatic rings. The monoisotopic (exact) mass is 455 g/mol. The van der Waals surface area contributed by atoms with Crippen LogP contribution in [0, 0.1) is 0 Å². The van der Waals surface area contributed by atoms with Gasteiger partial charge in [0.1, 0.15) is 17.1 Å². The summed E-state index contributed by atoms with van der Waals surface area (Å²) in [5.74, 6) is -1.68. The molecule has 0 radical (unpaired) electrons. The molecule has 1 amide bonds. The second kappa shape index (κ2) is 7.33. The summed E-state index contributed by atoms with van der Waals surface area (Å²) in [5.41, 5.74) is -0.701. The highest BCUT2D eigenvalue weighted by Gasteiger charge is 2.35. The van der Waals surface area contributed by atoms with Crippen LogP contribution in [0.1, 0.15) is 33.4 Å². The van der Waals surface area contributed by atoms with Crippen LogP contribution in [-0.2, 0) is 6.18 Å². The van der Waals surface area contributed by atoms with E-state index in [0.717, 1.165) is 0 Å². The Kier molecular flexibility index (Phi) is 4.95. The molecule has 6 nitrogen and oxygen atoms in total. The molecule has 1 aliphatic heterocycles. The van der Waals surface area contributed by atoms with Gasteiger partial charge in [0, 0.05) is 27.4 Å². The molecule has 0 unspecified atom stereocenters. The molecule has 0 aliphatic carbocycles. The Labute approximate surface area is 176 Å². The molecule has 154 valence electrons. The van der Waals surface area contributed by atoms with E-state index in [-0.39, 0.29) is 0 Å². The van der Waals surface area contributed by atoms with Crippen molar-refractivity contribution in [1.29, 1.82) is 0 Å². The van der Waals surface area contributed by atoms with E-state index >= 15 is 0 Å². The highest BCUT2D eigenvalue weighted by atomic mass is 35.5. The number of nitrogens with zero attached hydrogens (tertiary/aromatic N) is 1. The van der Waals surface area contributed by atoms with Gasteiger partial charge in [-0.05, 0) is 24.3 Å². The molecule has 30 heavy (non-hydrogen) atoms. The number of carbonyl (C=O) groups is 1. The van der Waals surface area contributed by atoms with Gasteiger partial charge in [-0.25, -0.2) is 4.98 Å². The standard InChI is InChI=1S/C19H10Cl2F3N3O3/c20-8-1-3-10-13(5-8)30-14-6-9(21)2-4-11(14)15(10)26-16(28)12-7-25-18(19(22,23)24)27-17(12)29/h1-7,15H,(H,26,28)(H,25,27,29). The van der Waals surface area contributed by atoms with E-state index in [0.29, 0.717) is 38.9 Å². The minimum absolute atomic E-state index is 0.363. The zero-order valence-corrected chi connectivity index (χ0v) is 16.2. The van der Waals surface area contributed by atoms with Gasteiger partial charge < -0.3 is 15.0 Å². The van der Waals surface area contributed by atoms with Crippen molar-refractivity contribution in [3.05, 3.63) is 85.5 Å². The van der Waals surface area contributed by atoms with Crippen molar-refractivity contribution in [2.45, 2.75) is 12.2 Å². The maximum Gasteiger partial charge on any atom is 0.449 e. The topological polar surface area (TPSA) is 84.1 Å². The molecular weight excluding hydrogens is 446 g/mol. The molecule has 0 spiro atoms. The lowest BCUT2D eigenvalue weighted by molar-refractivity contribution is -0.145. The van der Waals surface area contributed by atoms with E-state index in [9.17, 15) is 22.8 Å². The molecule has 0 atom stereocenters. The van der Waals surface area contributed by atoms with Crippen molar-refractivity contribution in [1.82, 2.24) is 15.3 Å². The van der Waals surface area contributed by atoms with E-state index in [1.807, 2.05) is 0 Å². The third-order valence-corrected chi connectivity index (χ3v) is 4.85. The van der Waals surface area contributed by atoms with Crippen molar-refractivity contribution >= 4 is 29.1 Å². The highest BCUT2D eigenvalue weighted by molar-refractivity contribution is 6.31. The Morgan fingerprint density at radius 3 is 2.13 bits per heavy atom. The quantitative estimate of drug-likeness (QED) is 0.585. The smallest absolute Gasteiger partial charge is 0.449 e. The van der Waals surface area contributed by atoms with Gasteiger partial charge in [0.15, 0.2) is 0 Å². The number of aromatic amines is 1. The van der Waals surface area contributed by atoms with Crippen LogP contribution in [0.3, 0.4) is 0 Å². The van der Waals surface area contributed by atoms with E-state index in [2.05, 4.69) is 10.3 Å². The zero-order chi connectivity index (χ0) is 21.6. The lowest BCUT2D eigenvalue weighted by Crippen LogP contribution is -2.35. The van der Waals surface area contributed by atoms with E-state index in [4.69, 9.17) is 27.9 Å². The Bertz CT molecular complexity index is 1180. The molecule has 0 saturated carbocycles. The summed E-state index contributed by atoms with van der Waals surface area (Å²) in [6, 6.07) is 8.78. The number of fused-ring (bicyclic) bond motifs is 2. The summed E-state index contributed by atoms with van der Waals surface area (Å²) >= 11 is 12.0. The van der Waals surface area contributed by atoms with E-state index in [1.54, 1.807) is 41.4 Å². The molecule has 1 aromatic heterocycles. The first-order valence-corrected chi connectivity index (χ1v) is 9.13. The molecule has 0 saturated heterocycles. The van der Waals surface area contributed by atoms with E-state index in [1.165, 1.54) is 0 Å². The summed E-state index contributed by atoms with van der Waals surface area (Å²) in [5, 5.41) is 3.43. The van der Waals surface area contributed by atoms with Crippen LogP contribution in [0.5, 0.6) is 11.5 Å². The fraction of sp³-hybridized carbons (Fsp3) is 0.105. The fourth-order valence-electron chi connectivity index (χ4n) is 3.02. The van der Waals surface area contributed by atoms with Gasteiger partial charge in [-0.1, -0.05) is 35.3 Å². The van der Waals surface area contributed by atoms with Crippen LogP contribution in [-0.4, -0.2) is 15.9 Å². The van der Waals surface area contributed by atoms with Gasteiger partial charge in [-0.15, -0.1) is 0 Å². The summed E-state index contributed by atoms with van der Waals surface area (Å²) in [7, 11) is 0. The largest absolute Gasteiger partial charge is 0.456 e. The summed E-state index contributed by atoms with van der Waals surface area (Å²) in [6.07, 6.45) is -4.26. The van der Waals surface area contributed by atoms with Crippen LogP contribution in [0.4, 0.5) is 13.2 Å². The Morgan fingerprint density at radius 1 is 1.07 bits per heavy atom. The van der Waals surface area contributed by atoms with Crippen LogP contribution < -0.4 is 15.6 Å². The first-order valence-electron chi connectivity index (χ1n) is 8.37. The van der Waals surface area contributed by atoms with Gasteiger partial charge in [0.05, 0.1) is 6.04 Å². The summed E-state index contributed by atoms with van der Waals surface area (Å²) in [6.45, 7) is 0. The van der Waals surface area contributed by atoms with Crippen molar-refractivity contribution in [2.24, 2.45) is 0 Å². The molecular formula is C19H10Cl2F3N3O3. The number of amides is 1. The summed E-state index contributed by atoms with van der Waals surface area (Å²) in [4.78, 5) is 29.4. The SMILES string of the molecule is O=C(NC1c2ccc(Cl)cc2Oc2cc(Cl)ccc21)c1cnc(C(F)(F)F)[nH]c1=O. The highest BCUT2D eigenvalue weighted by Crippen LogP contribution is 2.44. The number of hydrogen-bond acceptors (Lipinski definition) is 4. The number of aromatic nitrogens is 2. The molecule has 3 aromatic rings. The number of rotatable bonds is 2. The van der Waals surface area contributed by atoms with Crippen LogP contribution in [0.15, 0.2) is 47.4 Å². The maximum atomic E-state index is 12.7. The van der Waals surface area contributed by atoms with Crippen molar-refractivity contribution < 1.29 is 22.7 Å². The molecule has 11 heteroatoms. The third-order valence-electron chi connectivity index (χ3n) is 4.38. The van der Waals surface area contributed by atoms with Crippen LogP contribution >= 0.6 is 23.2 Å². The van der Waals surface area contributed by atoms with Crippen LogP contribution in [0.25, 0.3) is 0 Å².